The summed E-state index contributed by atoms with van der Waals surface area (Å²) in [5, 5.41) is 2.24. The van der Waals surface area contributed by atoms with E-state index in [1.807, 2.05) is 0 Å². The maximum absolute atomic E-state index is 14.4. The molecule has 3 aromatic carbocycles. The number of rotatable bonds is 7. The first kappa shape index (κ1) is 26.9. The third-order valence-corrected chi connectivity index (χ3v) is 7.14. The maximum Gasteiger partial charge on any atom is 0.419 e. The largest absolute Gasteiger partial charge is 0.419 e. The number of carbonyl (C=O) groups excluding carboxylic acids is 1. The Morgan fingerprint density at radius 3 is 2.20 bits per heavy atom. The van der Waals surface area contributed by atoms with Crippen molar-refractivity contribution in [2.24, 2.45) is 0 Å². The van der Waals surface area contributed by atoms with Crippen molar-refractivity contribution in [3.8, 4) is 0 Å². The van der Waals surface area contributed by atoms with E-state index >= 15 is 0 Å². The number of anilines is 1. The molecular formula is C22H15Cl2F5N2O3S. The predicted molar refractivity (Wildman–Crippen MR) is 120 cm³/mol. The van der Waals surface area contributed by atoms with Gasteiger partial charge in [0.2, 0.25) is 15.9 Å². The summed E-state index contributed by atoms with van der Waals surface area (Å²) in [4.78, 5) is 12.3. The minimum atomic E-state index is -5.02. The molecule has 0 fully saturated rings. The summed E-state index contributed by atoms with van der Waals surface area (Å²) < 4.78 is 93.9. The molecule has 5 nitrogen and oxygen atoms in total. The number of amides is 1. The molecule has 0 aliphatic rings. The summed E-state index contributed by atoms with van der Waals surface area (Å²) in [6.45, 7) is -1.59. The second-order valence-corrected chi connectivity index (χ2v) is 9.95. The molecule has 0 radical (unpaired) electrons. The van der Waals surface area contributed by atoms with Gasteiger partial charge in [-0.1, -0.05) is 29.3 Å². The van der Waals surface area contributed by atoms with Gasteiger partial charge in [-0.25, -0.2) is 17.2 Å². The molecule has 13 heteroatoms. The Balaban J connectivity index is 1.94. The van der Waals surface area contributed by atoms with Crippen molar-refractivity contribution in [2.75, 3.05) is 11.9 Å². The number of hydrogen-bond acceptors (Lipinski definition) is 3. The van der Waals surface area contributed by atoms with Crippen LogP contribution in [0.5, 0.6) is 0 Å². The van der Waals surface area contributed by atoms with Gasteiger partial charge >= 0.3 is 6.18 Å². The van der Waals surface area contributed by atoms with Crippen LogP contribution in [0.1, 0.15) is 11.1 Å². The van der Waals surface area contributed by atoms with Crippen LogP contribution in [0, 0.1) is 11.6 Å². The average molecular weight is 553 g/mol. The van der Waals surface area contributed by atoms with Crippen molar-refractivity contribution < 1.29 is 35.2 Å². The SMILES string of the molecule is O=C(CN(Cc1c(F)cccc1Cl)S(=O)(=O)c1ccc(Cl)cc1)Nc1ccc(F)c(C(F)(F)F)c1. The fourth-order valence-corrected chi connectivity index (χ4v) is 4.74. The van der Waals surface area contributed by atoms with Crippen LogP contribution in [0.2, 0.25) is 10.0 Å². The van der Waals surface area contributed by atoms with E-state index in [-0.39, 0.29) is 20.5 Å². The Hall–Kier alpha value is -2.73. The molecule has 0 atom stereocenters. The molecule has 0 bridgehead atoms. The Kier molecular flexibility index (Phi) is 8.05. The number of benzene rings is 3. The van der Waals surface area contributed by atoms with E-state index in [0.29, 0.717) is 16.4 Å². The summed E-state index contributed by atoms with van der Waals surface area (Å²) >= 11 is 11.8. The number of hydrogen-bond donors (Lipinski definition) is 1. The second-order valence-electron chi connectivity index (χ2n) is 7.17. The average Bonchev–Trinajstić information content (AvgIpc) is 2.76. The zero-order valence-electron chi connectivity index (χ0n) is 17.4. The van der Waals surface area contributed by atoms with Crippen LogP contribution in [0.25, 0.3) is 0 Å². The normalized spacial score (nSPS) is 12.1. The summed E-state index contributed by atoms with van der Waals surface area (Å²) in [5.41, 5.74) is -2.25. The fraction of sp³-hybridized carbons (Fsp3) is 0.136. The van der Waals surface area contributed by atoms with Gasteiger partial charge in [0.1, 0.15) is 11.6 Å². The van der Waals surface area contributed by atoms with Crippen LogP contribution in [-0.2, 0) is 27.5 Å². The number of halogens is 7. The molecule has 0 aliphatic carbocycles. The van der Waals surface area contributed by atoms with Gasteiger partial charge in [-0.15, -0.1) is 0 Å². The topological polar surface area (TPSA) is 66.5 Å². The third-order valence-electron chi connectivity index (χ3n) is 4.72. The van der Waals surface area contributed by atoms with Gasteiger partial charge in [0.05, 0.1) is 17.0 Å². The highest BCUT2D eigenvalue weighted by molar-refractivity contribution is 7.89. The Labute approximate surface area is 207 Å². The van der Waals surface area contributed by atoms with Crippen LogP contribution in [0.4, 0.5) is 27.6 Å². The van der Waals surface area contributed by atoms with E-state index in [9.17, 15) is 35.2 Å². The molecule has 0 aliphatic heterocycles. The highest BCUT2D eigenvalue weighted by atomic mass is 35.5. The molecule has 3 aromatic rings. The van der Waals surface area contributed by atoms with Crippen molar-refractivity contribution in [1.82, 2.24) is 4.31 Å². The van der Waals surface area contributed by atoms with E-state index in [1.54, 1.807) is 0 Å². The zero-order valence-corrected chi connectivity index (χ0v) is 19.7. The molecule has 0 heterocycles. The Bertz CT molecular complexity index is 1330. The minimum absolute atomic E-state index is 0.102. The molecule has 0 unspecified atom stereocenters. The highest BCUT2D eigenvalue weighted by Gasteiger charge is 2.34. The van der Waals surface area contributed by atoms with Crippen LogP contribution in [0.15, 0.2) is 65.6 Å². The molecule has 1 N–H and O–H groups in total. The quantitative estimate of drug-likeness (QED) is 0.359. The number of nitrogens with zero attached hydrogens (tertiary/aromatic N) is 1. The summed E-state index contributed by atoms with van der Waals surface area (Å²) in [5.74, 6) is -3.44. The van der Waals surface area contributed by atoms with E-state index in [2.05, 4.69) is 5.32 Å². The molecular weight excluding hydrogens is 538 g/mol. The summed E-state index contributed by atoms with van der Waals surface area (Å²) in [6, 6.07) is 10.4. The van der Waals surface area contributed by atoms with Gasteiger partial charge in [-0.05, 0) is 54.6 Å². The van der Waals surface area contributed by atoms with Crippen molar-refractivity contribution >= 4 is 44.8 Å². The van der Waals surface area contributed by atoms with E-state index < -0.39 is 58.1 Å². The first-order valence-corrected chi connectivity index (χ1v) is 11.8. The molecule has 0 saturated carbocycles. The third kappa shape index (κ3) is 6.49. The molecule has 0 spiro atoms. The molecule has 0 aromatic heterocycles. The van der Waals surface area contributed by atoms with Gasteiger partial charge in [0.25, 0.3) is 0 Å². The predicted octanol–water partition coefficient (Wildman–Crippen LogP) is 6.12. The van der Waals surface area contributed by atoms with Crippen LogP contribution in [-0.4, -0.2) is 25.2 Å². The molecule has 1 amide bonds. The van der Waals surface area contributed by atoms with Gasteiger partial charge in [0, 0.05) is 27.8 Å². The van der Waals surface area contributed by atoms with Gasteiger partial charge in [0.15, 0.2) is 0 Å². The van der Waals surface area contributed by atoms with E-state index in [0.717, 1.165) is 12.1 Å². The standard InChI is InChI=1S/C22H15Cl2F5N2O3S/c23-13-4-7-15(8-5-13)35(33,34)31(11-16-18(24)2-1-3-19(16)25)12-21(32)30-14-6-9-20(26)17(10-14)22(27,28)29/h1-10H,11-12H2,(H,30,32). The Morgan fingerprint density at radius 2 is 1.60 bits per heavy atom. The number of carbonyl (C=O) groups is 1. The molecule has 3 rings (SSSR count). The lowest BCUT2D eigenvalue weighted by molar-refractivity contribution is -0.140. The van der Waals surface area contributed by atoms with Gasteiger partial charge in [-0.2, -0.15) is 17.5 Å². The van der Waals surface area contributed by atoms with Crippen LogP contribution in [0.3, 0.4) is 0 Å². The first-order valence-electron chi connectivity index (χ1n) is 9.64. The summed E-state index contributed by atoms with van der Waals surface area (Å²) in [7, 11) is -4.43. The molecule has 186 valence electrons. The first-order chi connectivity index (χ1) is 16.3. The fourth-order valence-electron chi connectivity index (χ4n) is 3.02. The molecule has 0 saturated heterocycles. The number of sulfonamides is 1. The van der Waals surface area contributed by atoms with Crippen molar-refractivity contribution in [3.05, 3.63) is 93.5 Å². The lowest BCUT2D eigenvalue weighted by Gasteiger charge is -2.23. The Morgan fingerprint density at radius 1 is 0.943 bits per heavy atom. The number of alkyl halides is 3. The van der Waals surface area contributed by atoms with Crippen LogP contribution >= 0.6 is 23.2 Å². The zero-order chi connectivity index (χ0) is 26.0. The lowest BCUT2D eigenvalue weighted by atomic mass is 10.2. The summed E-state index contributed by atoms with van der Waals surface area (Å²) in [6.07, 6.45) is -5.02. The maximum atomic E-state index is 14.4. The van der Waals surface area contributed by atoms with Crippen LogP contribution < -0.4 is 5.32 Å². The monoisotopic (exact) mass is 552 g/mol. The minimum Gasteiger partial charge on any atom is -0.325 e. The lowest BCUT2D eigenvalue weighted by Crippen LogP contribution is -2.38. The van der Waals surface area contributed by atoms with Gasteiger partial charge in [-0.3, -0.25) is 4.79 Å². The van der Waals surface area contributed by atoms with Crippen molar-refractivity contribution in [2.45, 2.75) is 17.6 Å². The van der Waals surface area contributed by atoms with Crippen molar-refractivity contribution in [3.63, 3.8) is 0 Å². The van der Waals surface area contributed by atoms with Gasteiger partial charge < -0.3 is 5.32 Å². The highest BCUT2D eigenvalue weighted by Crippen LogP contribution is 2.33. The van der Waals surface area contributed by atoms with E-state index in [4.69, 9.17) is 23.2 Å². The molecule has 35 heavy (non-hydrogen) atoms. The van der Waals surface area contributed by atoms with Crippen molar-refractivity contribution in [1.29, 1.82) is 0 Å². The second kappa shape index (κ2) is 10.5. The van der Waals surface area contributed by atoms with E-state index in [1.165, 1.54) is 36.4 Å². The number of nitrogens with one attached hydrogen (secondary N) is 1. The smallest absolute Gasteiger partial charge is 0.325 e.